The molecule has 1 fully saturated rings. The van der Waals surface area contributed by atoms with E-state index in [0.29, 0.717) is 6.04 Å². The van der Waals surface area contributed by atoms with Crippen LogP contribution in [0.15, 0.2) is 24.3 Å². The van der Waals surface area contributed by atoms with E-state index in [1.165, 1.54) is 32.1 Å². The zero-order chi connectivity index (χ0) is 15.1. The highest BCUT2D eigenvalue weighted by atomic mass is 16.1. The maximum absolute atomic E-state index is 12.0. The molecule has 2 N–H and O–H groups in total. The highest BCUT2D eigenvalue weighted by Gasteiger charge is 2.20. The van der Waals surface area contributed by atoms with Gasteiger partial charge in [-0.25, -0.2) is 0 Å². The predicted molar refractivity (Wildman–Crippen MR) is 88.7 cm³/mol. The van der Waals surface area contributed by atoms with Crippen LogP contribution in [-0.2, 0) is 0 Å². The summed E-state index contributed by atoms with van der Waals surface area (Å²) in [5, 5.41) is 6.51. The van der Waals surface area contributed by atoms with Gasteiger partial charge < -0.3 is 10.6 Å². The van der Waals surface area contributed by atoms with Gasteiger partial charge in [-0.3, -0.25) is 4.79 Å². The topological polar surface area (TPSA) is 41.1 Å². The molecule has 2 rings (SSSR count). The third-order valence-corrected chi connectivity index (χ3v) is 4.41. The first-order valence-electron chi connectivity index (χ1n) is 8.35. The lowest BCUT2D eigenvalue weighted by molar-refractivity contribution is 0.0953. The molecule has 116 valence electrons. The van der Waals surface area contributed by atoms with Crippen molar-refractivity contribution in [2.75, 3.05) is 11.9 Å². The van der Waals surface area contributed by atoms with Crippen LogP contribution in [0.5, 0.6) is 0 Å². The summed E-state index contributed by atoms with van der Waals surface area (Å²) in [6.45, 7) is 5.05. The van der Waals surface area contributed by atoms with Gasteiger partial charge in [0.2, 0.25) is 0 Å². The van der Waals surface area contributed by atoms with Gasteiger partial charge in [0.15, 0.2) is 0 Å². The van der Waals surface area contributed by atoms with E-state index in [0.717, 1.165) is 30.1 Å². The van der Waals surface area contributed by atoms with Crippen molar-refractivity contribution in [3.8, 4) is 0 Å². The summed E-state index contributed by atoms with van der Waals surface area (Å²) in [5.41, 5.74) is 1.79. The highest BCUT2D eigenvalue weighted by molar-refractivity contribution is 5.95. The van der Waals surface area contributed by atoms with Crippen molar-refractivity contribution in [1.82, 2.24) is 5.32 Å². The minimum Gasteiger partial charge on any atom is -0.382 e. The van der Waals surface area contributed by atoms with E-state index in [-0.39, 0.29) is 5.91 Å². The lowest BCUT2D eigenvalue weighted by atomic mass is 9.84. The van der Waals surface area contributed by atoms with Gasteiger partial charge in [-0.2, -0.15) is 0 Å². The maximum atomic E-state index is 12.0. The number of carbonyl (C=O) groups excluding carboxylic acids is 1. The van der Waals surface area contributed by atoms with Crippen molar-refractivity contribution < 1.29 is 4.79 Å². The highest BCUT2D eigenvalue weighted by Crippen LogP contribution is 2.28. The quantitative estimate of drug-likeness (QED) is 0.823. The Morgan fingerprint density at radius 3 is 2.76 bits per heavy atom. The van der Waals surface area contributed by atoms with Gasteiger partial charge >= 0.3 is 0 Å². The summed E-state index contributed by atoms with van der Waals surface area (Å²) in [7, 11) is 0. The number of benzene rings is 1. The molecule has 1 saturated carbocycles. The van der Waals surface area contributed by atoms with Crippen LogP contribution in [-0.4, -0.2) is 18.5 Å². The molecular weight excluding hydrogens is 260 g/mol. The Morgan fingerprint density at radius 1 is 1.29 bits per heavy atom. The number of anilines is 1. The Balaban J connectivity index is 1.95. The molecule has 1 amide bonds. The third-order valence-electron chi connectivity index (χ3n) is 4.41. The molecule has 3 nitrogen and oxygen atoms in total. The fraction of sp³-hybridized carbons (Fsp3) is 0.611. The van der Waals surface area contributed by atoms with Crippen molar-refractivity contribution in [3.05, 3.63) is 29.8 Å². The van der Waals surface area contributed by atoms with Crippen LogP contribution in [0.3, 0.4) is 0 Å². The van der Waals surface area contributed by atoms with Gasteiger partial charge in [0.05, 0.1) is 0 Å². The molecule has 0 aliphatic heterocycles. The molecule has 1 aliphatic rings. The van der Waals surface area contributed by atoms with Crippen molar-refractivity contribution in [2.24, 2.45) is 5.92 Å². The van der Waals surface area contributed by atoms with Gasteiger partial charge in [-0.15, -0.1) is 0 Å². The molecule has 3 heteroatoms. The molecule has 1 unspecified atom stereocenters. The van der Waals surface area contributed by atoms with Gasteiger partial charge in [0.25, 0.3) is 5.91 Å². The average molecular weight is 288 g/mol. The minimum atomic E-state index is 0.0193. The number of nitrogens with one attached hydrogen (secondary N) is 2. The summed E-state index contributed by atoms with van der Waals surface area (Å²) in [5.74, 6) is 0.780. The number of hydrogen-bond acceptors (Lipinski definition) is 2. The largest absolute Gasteiger partial charge is 0.382 e. The van der Waals surface area contributed by atoms with Crippen molar-refractivity contribution in [2.45, 2.75) is 58.4 Å². The second kappa shape index (κ2) is 8.06. The van der Waals surface area contributed by atoms with Crippen LogP contribution in [0.1, 0.15) is 62.7 Å². The van der Waals surface area contributed by atoms with Crippen molar-refractivity contribution in [1.29, 1.82) is 0 Å². The molecule has 0 spiro atoms. The fourth-order valence-electron chi connectivity index (χ4n) is 3.11. The summed E-state index contributed by atoms with van der Waals surface area (Å²) in [4.78, 5) is 12.0. The Kier molecular flexibility index (Phi) is 6.09. The zero-order valence-electron chi connectivity index (χ0n) is 13.3. The molecule has 0 saturated heterocycles. The average Bonchev–Trinajstić information content (AvgIpc) is 2.53. The van der Waals surface area contributed by atoms with Crippen molar-refractivity contribution >= 4 is 11.6 Å². The number of hydrogen-bond donors (Lipinski definition) is 2. The molecule has 0 aromatic heterocycles. The lowest BCUT2D eigenvalue weighted by Crippen LogP contribution is -2.28. The molecular formula is C18H28N2O. The van der Waals surface area contributed by atoms with Crippen LogP contribution in [0.4, 0.5) is 5.69 Å². The van der Waals surface area contributed by atoms with Crippen LogP contribution in [0, 0.1) is 5.92 Å². The van der Waals surface area contributed by atoms with Crippen molar-refractivity contribution in [3.63, 3.8) is 0 Å². The number of carbonyl (C=O) groups is 1. The van der Waals surface area contributed by atoms with Gasteiger partial charge in [0, 0.05) is 23.8 Å². The smallest absolute Gasteiger partial charge is 0.251 e. The van der Waals surface area contributed by atoms with Crippen LogP contribution >= 0.6 is 0 Å². The van der Waals surface area contributed by atoms with E-state index in [1.54, 1.807) is 0 Å². The Morgan fingerprint density at radius 2 is 2.05 bits per heavy atom. The SMILES string of the molecule is CCCNC(=O)c1cccc(NC(C)C2CCCCC2)c1. The second-order valence-electron chi connectivity index (χ2n) is 6.17. The number of amides is 1. The van der Waals surface area contributed by atoms with E-state index in [9.17, 15) is 4.79 Å². The lowest BCUT2D eigenvalue weighted by Gasteiger charge is -2.29. The molecule has 1 atom stereocenters. The van der Waals surface area contributed by atoms with Crippen LogP contribution in [0.2, 0.25) is 0 Å². The summed E-state index contributed by atoms with van der Waals surface area (Å²) < 4.78 is 0. The maximum Gasteiger partial charge on any atom is 0.251 e. The minimum absolute atomic E-state index is 0.0193. The number of rotatable bonds is 6. The first-order valence-corrected chi connectivity index (χ1v) is 8.35. The standard InChI is InChI=1S/C18H28N2O/c1-3-12-19-18(21)16-10-7-11-17(13-16)20-14(2)15-8-5-4-6-9-15/h7,10-11,13-15,20H,3-6,8-9,12H2,1-2H3,(H,19,21). The van der Waals surface area contributed by atoms with Gasteiger partial charge in [0.1, 0.15) is 0 Å². The molecule has 0 heterocycles. The predicted octanol–water partition coefficient (Wildman–Crippen LogP) is 4.21. The Labute approximate surface area is 128 Å². The van der Waals surface area contributed by atoms with Crippen LogP contribution < -0.4 is 10.6 Å². The first-order chi connectivity index (χ1) is 10.2. The van der Waals surface area contributed by atoms with Gasteiger partial charge in [-0.05, 0) is 50.3 Å². The molecule has 1 aliphatic carbocycles. The molecule has 0 bridgehead atoms. The molecule has 1 aromatic carbocycles. The van der Waals surface area contributed by atoms with E-state index in [1.807, 2.05) is 18.2 Å². The Hall–Kier alpha value is -1.51. The monoisotopic (exact) mass is 288 g/mol. The summed E-state index contributed by atoms with van der Waals surface area (Å²) in [6, 6.07) is 8.32. The van der Waals surface area contributed by atoms with E-state index in [2.05, 4.69) is 30.5 Å². The van der Waals surface area contributed by atoms with Gasteiger partial charge in [-0.1, -0.05) is 32.3 Å². The summed E-state index contributed by atoms with van der Waals surface area (Å²) >= 11 is 0. The van der Waals surface area contributed by atoms with E-state index < -0.39 is 0 Å². The molecule has 0 radical (unpaired) electrons. The fourth-order valence-corrected chi connectivity index (χ4v) is 3.11. The van der Waals surface area contributed by atoms with E-state index >= 15 is 0 Å². The Bertz CT molecular complexity index is 452. The zero-order valence-corrected chi connectivity index (χ0v) is 13.3. The first kappa shape index (κ1) is 15.9. The normalized spacial score (nSPS) is 17.2. The molecule has 1 aromatic rings. The third kappa shape index (κ3) is 4.76. The molecule has 21 heavy (non-hydrogen) atoms. The van der Waals surface area contributed by atoms with Crippen LogP contribution in [0.25, 0.3) is 0 Å². The summed E-state index contributed by atoms with van der Waals surface area (Å²) in [6.07, 6.45) is 7.71. The second-order valence-corrected chi connectivity index (χ2v) is 6.17. The van der Waals surface area contributed by atoms with E-state index in [4.69, 9.17) is 0 Å².